The fourth-order valence-electron chi connectivity index (χ4n) is 1.87. The van der Waals surface area contributed by atoms with Gasteiger partial charge in [0.15, 0.2) is 0 Å². The number of pyridine rings is 1. The molecule has 0 aliphatic carbocycles. The lowest BCUT2D eigenvalue weighted by molar-refractivity contribution is -0.450. The van der Waals surface area contributed by atoms with Gasteiger partial charge in [0.05, 0.1) is 0 Å². The Labute approximate surface area is 165 Å². The van der Waals surface area contributed by atoms with Crippen molar-refractivity contribution in [1.82, 2.24) is 4.98 Å². The van der Waals surface area contributed by atoms with Gasteiger partial charge in [-0.05, 0) is 23.7 Å². The number of rotatable bonds is 8. The Bertz CT molecular complexity index is 784. The van der Waals surface area contributed by atoms with Crippen LogP contribution in [-0.2, 0) is 5.92 Å². The van der Waals surface area contributed by atoms with E-state index in [0.29, 0.717) is 12.1 Å². The molecule has 0 unspecified atom stereocenters. The molecule has 0 aromatic carbocycles. The number of nitrogens with zero attached hydrogens (tertiary/aromatic N) is 1. The molecular weight excluding hydrogens is 510 g/mol. The van der Waals surface area contributed by atoms with Gasteiger partial charge in [0.1, 0.15) is 5.69 Å². The fraction of sp³-hybridized carbons (Fsp3) is 0.615. The molecule has 31 heavy (non-hydrogen) atoms. The first kappa shape index (κ1) is 27.4. The van der Waals surface area contributed by atoms with Gasteiger partial charge in [-0.1, -0.05) is 6.07 Å². The second kappa shape index (κ2) is 7.16. The van der Waals surface area contributed by atoms with Gasteiger partial charge in [0, 0.05) is 6.20 Å². The lowest BCUT2D eigenvalue weighted by atomic mass is 9.88. The largest absolute Gasteiger partial charge is 0.393 e. The van der Waals surface area contributed by atoms with Crippen LogP contribution in [0.4, 0.5) is 70.2 Å². The Kier molecular flexibility index (Phi) is 6.32. The molecule has 0 atom stereocenters. The number of hydrogen-bond donors (Lipinski definition) is 0. The summed E-state index contributed by atoms with van der Waals surface area (Å²) in [7, 11) is 0. The van der Waals surface area contributed by atoms with E-state index in [2.05, 4.69) is 16.6 Å². The van der Waals surface area contributed by atoms with Crippen LogP contribution >= 0.6 is 11.6 Å². The lowest BCUT2D eigenvalue weighted by Crippen LogP contribution is -2.74. The monoisotopic (exact) mass is 513 g/mol. The molecule has 180 valence electrons. The quantitative estimate of drug-likeness (QED) is 0.275. The first-order valence-electron chi connectivity index (χ1n) is 6.98. The standard InChI is InChI=1S/C13H4ClF16N/c14-13(29,30)12(27,28)11(25,26)10(23,24)9(21,22)8(19,20)7(17,18)6(15,16)5-3-1-2-4-31-5/h1-4H. The van der Waals surface area contributed by atoms with Crippen LogP contribution < -0.4 is 0 Å². The van der Waals surface area contributed by atoms with E-state index in [1.807, 2.05) is 0 Å². The molecule has 18 heteroatoms. The maximum atomic E-state index is 13.7. The molecule has 0 N–H and O–H groups in total. The first-order valence-corrected chi connectivity index (χ1v) is 7.36. The Balaban J connectivity index is 3.69. The maximum absolute atomic E-state index is 13.7. The average Bonchev–Trinajstić information content (AvgIpc) is 2.60. The molecule has 1 rings (SSSR count). The van der Waals surface area contributed by atoms with E-state index in [-0.39, 0.29) is 12.3 Å². The third-order valence-electron chi connectivity index (χ3n) is 3.71. The smallest absolute Gasteiger partial charge is 0.255 e. The van der Waals surface area contributed by atoms with Crippen molar-refractivity contribution in [1.29, 1.82) is 0 Å². The van der Waals surface area contributed by atoms with Crippen molar-refractivity contribution in [2.75, 3.05) is 0 Å². The van der Waals surface area contributed by atoms with E-state index in [0.717, 1.165) is 0 Å². The summed E-state index contributed by atoms with van der Waals surface area (Å²) in [6.45, 7) is 0. The Morgan fingerprint density at radius 3 is 1.19 bits per heavy atom. The maximum Gasteiger partial charge on any atom is 0.393 e. The average molecular weight is 514 g/mol. The van der Waals surface area contributed by atoms with E-state index in [9.17, 15) is 70.2 Å². The highest BCUT2D eigenvalue weighted by Crippen LogP contribution is 2.65. The van der Waals surface area contributed by atoms with Gasteiger partial charge >= 0.3 is 46.8 Å². The Hall–Kier alpha value is -1.68. The molecule has 0 radical (unpaired) electrons. The highest BCUT2D eigenvalue weighted by Gasteiger charge is 2.95. The Morgan fingerprint density at radius 1 is 0.516 bits per heavy atom. The van der Waals surface area contributed by atoms with Gasteiger partial charge in [-0.15, -0.1) is 0 Å². The third-order valence-corrected chi connectivity index (χ3v) is 3.95. The molecule has 1 aromatic rings. The van der Waals surface area contributed by atoms with Crippen molar-refractivity contribution in [3.8, 4) is 0 Å². The second-order valence-electron chi connectivity index (χ2n) is 5.73. The fourth-order valence-corrected chi connectivity index (χ4v) is 1.99. The van der Waals surface area contributed by atoms with Crippen molar-refractivity contribution in [2.45, 2.75) is 46.8 Å². The summed E-state index contributed by atoms with van der Waals surface area (Å²) >= 11 is 3.42. The van der Waals surface area contributed by atoms with E-state index in [1.165, 1.54) is 0 Å². The van der Waals surface area contributed by atoms with Gasteiger partial charge in [0.25, 0.3) is 0 Å². The Morgan fingerprint density at radius 2 is 0.871 bits per heavy atom. The minimum absolute atomic E-state index is 0.183. The van der Waals surface area contributed by atoms with Crippen LogP contribution in [-0.4, -0.2) is 45.9 Å². The summed E-state index contributed by atoms with van der Waals surface area (Å²) in [6, 6.07) is 0.944. The van der Waals surface area contributed by atoms with Crippen molar-refractivity contribution >= 4 is 11.6 Å². The van der Waals surface area contributed by atoms with Gasteiger partial charge in [0.2, 0.25) is 0 Å². The summed E-state index contributed by atoms with van der Waals surface area (Å²) in [5.41, 5.74) is -2.44. The van der Waals surface area contributed by atoms with Crippen LogP contribution in [0.15, 0.2) is 24.4 Å². The molecule has 0 fully saturated rings. The molecule has 1 nitrogen and oxygen atoms in total. The van der Waals surface area contributed by atoms with Gasteiger partial charge in [-0.25, -0.2) is 0 Å². The summed E-state index contributed by atoms with van der Waals surface area (Å²) in [5.74, 6) is -55.5. The topological polar surface area (TPSA) is 12.9 Å². The van der Waals surface area contributed by atoms with Crippen LogP contribution in [0.2, 0.25) is 0 Å². The van der Waals surface area contributed by atoms with Crippen molar-refractivity contribution in [3.63, 3.8) is 0 Å². The zero-order valence-corrected chi connectivity index (χ0v) is 14.4. The summed E-state index contributed by atoms with van der Waals surface area (Å²) in [5, 5.41) is -6.80. The lowest BCUT2D eigenvalue weighted by Gasteiger charge is -2.42. The molecule has 0 saturated heterocycles. The van der Waals surface area contributed by atoms with Gasteiger partial charge < -0.3 is 0 Å². The predicted octanol–water partition coefficient (Wildman–Crippen LogP) is 6.82. The molecule has 1 aromatic heterocycles. The van der Waals surface area contributed by atoms with E-state index >= 15 is 0 Å². The van der Waals surface area contributed by atoms with Crippen LogP contribution in [0, 0.1) is 0 Å². The number of hydrogen-bond acceptors (Lipinski definition) is 1. The molecule has 0 amide bonds. The zero-order chi connectivity index (χ0) is 25.1. The van der Waals surface area contributed by atoms with Crippen molar-refractivity contribution < 1.29 is 70.2 Å². The molecule has 0 aliphatic rings. The van der Waals surface area contributed by atoms with Gasteiger partial charge in [-0.2, -0.15) is 70.2 Å². The molecule has 0 saturated carbocycles. The van der Waals surface area contributed by atoms with E-state index in [4.69, 9.17) is 0 Å². The summed E-state index contributed by atoms with van der Waals surface area (Å²) in [6.07, 6.45) is 0.224. The van der Waals surface area contributed by atoms with E-state index in [1.54, 1.807) is 0 Å². The third kappa shape index (κ3) is 3.46. The predicted molar refractivity (Wildman–Crippen MR) is 68.6 cm³/mol. The summed E-state index contributed by atoms with van der Waals surface area (Å²) in [4.78, 5) is 2.41. The van der Waals surface area contributed by atoms with Crippen LogP contribution in [0.25, 0.3) is 0 Å². The van der Waals surface area contributed by atoms with Crippen LogP contribution in [0.5, 0.6) is 0 Å². The zero-order valence-electron chi connectivity index (χ0n) is 13.7. The van der Waals surface area contributed by atoms with Crippen LogP contribution in [0.3, 0.4) is 0 Å². The minimum atomic E-state index is -8.48. The number of alkyl halides is 17. The highest BCUT2D eigenvalue weighted by molar-refractivity contribution is 6.22. The number of aromatic nitrogens is 1. The normalized spacial score (nSPS) is 15.9. The van der Waals surface area contributed by atoms with Crippen molar-refractivity contribution in [3.05, 3.63) is 30.1 Å². The number of halogens is 17. The molecule has 0 aliphatic heterocycles. The molecule has 1 heterocycles. The summed E-state index contributed by atoms with van der Waals surface area (Å²) < 4.78 is 212. The van der Waals surface area contributed by atoms with Crippen LogP contribution in [0.1, 0.15) is 5.69 Å². The molecular formula is C13H4ClF16N. The first-order chi connectivity index (χ1) is 13.4. The highest BCUT2D eigenvalue weighted by atomic mass is 35.5. The van der Waals surface area contributed by atoms with Crippen molar-refractivity contribution in [2.24, 2.45) is 0 Å². The van der Waals surface area contributed by atoms with E-state index < -0.39 is 52.5 Å². The van der Waals surface area contributed by atoms with Gasteiger partial charge in [-0.3, -0.25) is 4.98 Å². The molecule has 0 spiro atoms. The second-order valence-corrected chi connectivity index (χ2v) is 6.21. The SMILES string of the molecule is FC(F)(Cl)C(F)(F)C(F)(F)C(F)(F)C(F)(F)C(F)(F)C(F)(F)C(F)(F)c1ccccn1. The minimum Gasteiger partial charge on any atom is -0.255 e. The molecule has 0 bridgehead atoms.